The highest BCUT2D eigenvalue weighted by molar-refractivity contribution is 5.79. The Balaban J connectivity index is 1.62. The summed E-state index contributed by atoms with van der Waals surface area (Å²) >= 11 is 0. The Morgan fingerprint density at radius 1 is 1.07 bits per heavy atom. The quantitative estimate of drug-likeness (QED) is 0.882. The first kappa shape index (κ1) is 18.2. The molecule has 1 N–H and O–H groups in total. The van der Waals surface area contributed by atoms with Crippen molar-refractivity contribution in [3.05, 3.63) is 17.1 Å². The molecular weight excluding hydrogens is 342 g/mol. The molecule has 1 saturated carbocycles. The third-order valence-corrected chi connectivity index (χ3v) is 6.30. The first-order valence-corrected chi connectivity index (χ1v) is 10.2. The molecule has 1 atom stereocenters. The van der Waals surface area contributed by atoms with Crippen molar-refractivity contribution in [2.45, 2.75) is 64.5 Å². The number of nitrogens with zero attached hydrogens (tertiary/aromatic N) is 4. The van der Waals surface area contributed by atoms with Crippen LogP contribution in [0.15, 0.2) is 0 Å². The lowest BCUT2D eigenvalue weighted by Crippen LogP contribution is -2.37. The van der Waals surface area contributed by atoms with Crippen molar-refractivity contribution in [3.63, 3.8) is 0 Å². The first-order chi connectivity index (χ1) is 13.1. The molecule has 27 heavy (non-hydrogen) atoms. The van der Waals surface area contributed by atoms with E-state index in [2.05, 4.69) is 5.32 Å². The van der Waals surface area contributed by atoms with Gasteiger partial charge in [0.05, 0.1) is 18.3 Å². The van der Waals surface area contributed by atoms with Crippen LogP contribution in [0, 0.1) is 5.92 Å². The smallest absolute Gasteiger partial charge is 0.226 e. The molecule has 0 radical (unpaired) electrons. The number of hydrogen-bond donors (Lipinski definition) is 1. The van der Waals surface area contributed by atoms with E-state index < -0.39 is 0 Å². The zero-order valence-electron chi connectivity index (χ0n) is 16.3. The largest absolute Gasteiger partial charge is 0.373 e. The molecule has 0 spiro atoms. The molecule has 3 heterocycles. The van der Waals surface area contributed by atoms with E-state index in [4.69, 9.17) is 9.97 Å². The maximum atomic E-state index is 13.0. The Bertz CT molecular complexity index is 727. The molecule has 1 aliphatic carbocycles. The molecule has 7 heteroatoms. The molecule has 0 bridgehead atoms. The molecule has 2 amide bonds. The molecule has 0 aromatic carbocycles. The normalized spacial score (nSPS) is 22.8. The number of rotatable bonds is 3. The second-order valence-electron chi connectivity index (χ2n) is 7.97. The van der Waals surface area contributed by atoms with Crippen molar-refractivity contribution in [1.29, 1.82) is 0 Å². The Labute approximate surface area is 160 Å². The third-order valence-electron chi connectivity index (χ3n) is 6.30. The van der Waals surface area contributed by atoms with E-state index in [1.807, 2.05) is 16.8 Å². The number of hydrogen-bond acceptors (Lipinski definition) is 5. The van der Waals surface area contributed by atoms with Crippen molar-refractivity contribution in [2.24, 2.45) is 5.92 Å². The van der Waals surface area contributed by atoms with Gasteiger partial charge < -0.3 is 15.1 Å². The number of amides is 2. The maximum Gasteiger partial charge on any atom is 0.226 e. The van der Waals surface area contributed by atoms with Crippen LogP contribution in [0.3, 0.4) is 0 Å². The van der Waals surface area contributed by atoms with Crippen LogP contribution in [0.1, 0.15) is 68.6 Å². The van der Waals surface area contributed by atoms with Gasteiger partial charge in [0.2, 0.25) is 11.8 Å². The summed E-state index contributed by atoms with van der Waals surface area (Å²) in [7, 11) is 1.86. The summed E-state index contributed by atoms with van der Waals surface area (Å²) in [5.74, 6) is 2.12. The van der Waals surface area contributed by atoms with Crippen LogP contribution in [-0.4, -0.2) is 51.7 Å². The fourth-order valence-electron chi connectivity index (χ4n) is 4.76. The predicted octanol–water partition coefficient (Wildman–Crippen LogP) is 2.28. The molecule has 1 aromatic rings. The van der Waals surface area contributed by atoms with Gasteiger partial charge >= 0.3 is 0 Å². The summed E-state index contributed by atoms with van der Waals surface area (Å²) in [5, 5.41) is 3.19. The first-order valence-electron chi connectivity index (χ1n) is 10.2. The van der Waals surface area contributed by atoms with Crippen LogP contribution in [0.25, 0.3) is 0 Å². The summed E-state index contributed by atoms with van der Waals surface area (Å²) in [5.41, 5.74) is 2.02. The lowest BCUT2D eigenvalue weighted by molar-refractivity contribution is -0.136. The number of likely N-dealkylation sites (tertiary alicyclic amines) is 1. The summed E-state index contributed by atoms with van der Waals surface area (Å²) < 4.78 is 0. The average molecular weight is 371 g/mol. The van der Waals surface area contributed by atoms with Crippen molar-refractivity contribution >= 4 is 17.6 Å². The third kappa shape index (κ3) is 3.39. The molecule has 1 unspecified atom stereocenters. The fourth-order valence-corrected chi connectivity index (χ4v) is 4.76. The lowest BCUT2D eigenvalue weighted by Gasteiger charge is -2.31. The van der Waals surface area contributed by atoms with Crippen molar-refractivity contribution in [2.75, 3.05) is 25.5 Å². The van der Waals surface area contributed by atoms with Gasteiger partial charge in [-0.3, -0.25) is 9.59 Å². The van der Waals surface area contributed by atoms with Crippen LogP contribution < -0.4 is 5.32 Å². The highest BCUT2D eigenvalue weighted by Crippen LogP contribution is 2.36. The van der Waals surface area contributed by atoms with Gasteiger partial charge in [-0.25, -0.2) is 9.97 Å². The molecule has 2 aliphatic heterocycles. The average Bonchev–Trinajstić information content (AvgIpc) is 3.37. The molecule has 7 nitrogen and oxygen atoms in total. The Kier molecular flexibility index (Phi) is 5.02. The Morgan fingerprint density at radius 2 is 1.85 bits per heavy atom. The second kappa shape index (κ2) is 7.44. The van der Waals surface area contributed by atoms with Gasteiger partial charge in [-0.15, -0.1) is 0 Å². The summed E-state index contributed by atoms with van der Waals surface area (Å²) in [6.45, 7) is 3.66. The van der Waals surface area contributed by atoms with E-state index in [0.717, 1.165) is 61.5 Å². The number of aromatic nitrogens is 2. The maximum absolute atomic E-state index is 13.0. The highest BCUT2D eigenvalue weighted by atomic mass is 16.2. The summed E-state index contributed by atoms with van der Waals surface area (Å²) in [4.78, 5) is 38.3. The number of carbonyl (C=O) groups excluding carboxylic acids is 2. The molecule has 2 fully saturated rings. The van der Waals surface area contributed by atoms with E-state index in [0.29, 0.717) is 19.0 Å². The molecule has 1 aromatic heterocycles. The molecule has 3 aliphatic rings. The van der Waals surface area contributed by atoms with Gasteiger partial charge in [0.1, 0.15) is 5.82 Å². The van der Waals surface area contributed by atoms with Crippen molar-refractivity contribution in [1.82, 2.24) is 19.8 Å². The van der Waals surface area contributed by atoms with E-state index >= 15 is 0 Å². The minimum absolute atomic E-state index is 0.0127. The molecule has 1 saturated heterocycles. The van der Waals surface area contributed by atoms with Gasteiger partial charge in [-0.1, -0.05) is 12.8 Å². The lowest BCUT2D eigenvalue weighted by atomic mass is 10.0. The zero-order chi connectivity index (χ0) is 19.0. The van der Waals surface area contributed by atoms with Crippen LogP contribution in [0.4, 0.5) is 5.82 Å². The van der Waals surface area contributed by atoms with Gasteiger partial charge in [-0.05, 0) is 25.7 Å². The predicted molar refractivity (Wildman–Crippen MR) is 102 cm³/mol. The van der Waals surface area contributed by atoms with Crippen molar-refractivity contribution < 1.29 is 9.59 Å². The van der Waals surface area contributed by atoms with Crippen LogP contribution >= 0.6 is 0 Å². The van der Waals surface area contributed by atoms with Gasteiger partial charge in [0.15, 0.2) is 5.82 Å². The van der Waals surface area contributed by atoms with E-state index in [1.165, 1.54) is 12.8 Å². The van der Waals surface area contributed by atoms with Crippen LogP contribution in [-0.2, 0) is 22.6 Å². The molecule has 146 valence electrons. The van der Waals surface area contributed by atoms with Crippen LogP contribution in [0.2, 0.25) is 0 Å². The minimum Gasteiger partial charge on any atom is -0.373 e. The van der Waals surface area contributed by atoms with E-state index in [9.17, 15) is 9.59 Å². The van der Waals surface area contributed by atoms with Gasteiger partial charge in [0, 0.05) is 45.0 Å². The highest BCUT2D eigenvalue weighted by Gasteiger charge is 2.37. The Hall–Kier alpha value is -2.18. The Morgan fingerprint density at radius 3 is 2.56 bits per heavy atom. The molecule has 4 rings (SSSR count). The summed E-state index contributed by atoms with van der Waals surface area (Å²) in [6, 6.07) is -0.0127. The number of nitrogens with one attached hydrogen (secondary N) is 1. The number of carbonyl (C=O) groups is 2. The second-order valence-corrected chi connectivity index (χ2v) is 7.97. The van der Waals surface area contributed by atoms with Gasteiger partial charge in [-0.2, -0.15) is 0 Å². The molecular formula is C20H29N5O2. The summed E-state index contributed by atoms with van der Waals surface area (Å²) in [6.07, 6.45) is 7.06. The SMILES string of the molecule is CNc1nc(C2CCCN2C(=O)C2CCCC2)nc2c1CN(C(C)=O)CC2. The van der Waals surface area contributed by atoms with Gasteiger partial charge in [0.25, 0.3) is 0 Å². The minimum atomic E-state index is -0.0127. The topological polar surface area (TPSA) is 78.4 Å². The van der Waals surface area contributed by atoms with Crippen molar-refractivity contribution in [3.8, 4) is 0 Å². The zero-order valence-corrected chi connectivity index (χ0v) is 16.3. The van der Waals surface area contributed by atoms with Crippen LogP contribution in [0.5, 0.6) is 0 Å². The monoisotopic (exact) mass is 371 g/mol. The van der Waals surface area contributed by atoms with E-state index in [1.54, 1.807) is 6.92 Å². The number of fused-ring (bicyclic) bond motifs is 1. The standard InChI is InChI=1S/C20H29N5O2/c1-13(26)24-11-9-16-15(12-24)18(21-2)23-19(22-16)17-8-5-10-25(17)20(27)14-6-3-4-7-14/h14,17H,3-12H2,1-2H3,(H,21,22,23). The fraction of sp³-hybridized carbons (Fsp3) is 0.700. The van der Waals surface area contributed by atoms with E-state index in [-0.39, 0.29) is 17.9 Å². The number of anilines is 1.